The average molecular weight is 322 g/mol. The Kier molecular flexibility index (Phi) is 4.39. The summed E-state index contributed by atoms with van der Waals surface area (Å²) in [6.07, 6.45) is 2.46. The molecule has 1 saturated carbocycles. The molecule has 2 aromatic carbocycles. The third-order valence-corrected chi connectivity index (χ3v) is 4.07. The van der Waals surface area contributed by atoms with Crippen LogP contribution in [0.15, 0.2) is 42.5 Å². The van der Waals surface area contributed by atoms with Crippen molar-refractivity contribution in [2.45, 2.75) is 12.8 Å². The van der Waals surface area contributed by atoms with Crippen molar-refractivity contribution in [2.75, 3.05) is 11.4 Å². The third kappa shape index (κ3) is 3.18. The summed E-state index contributed by atoms with van der Waals surface area (Å²) in [5.74, 6) is -0.671. The molecule has 24 heavy (non-hydrogen) atoms. The van der Waals surface area contributed by atoms with Gasteiger partial charge in [-0.15, -0.1) is 0 Å². The van der Waals surface area contributed by atoms with Gasteiger partial charge in [0.25, 0.3) is 5.91 Å². The van der Waals surface area contributed by atoms with Crippen LogP contribution in [0.3, 0.4) is 0 Å². The molecule has 3 rings (SSSR count). The summed E-state index contributed by atoms with van der Waals surface area (Å²) in [4.78, 5) is 25.2. The van der Waals surface area contributed by atoms with Crippen LogP contribution in [0, 0.1) is 23.1 Å². The zero-order valence-corrected chi connectivity index (χ0v) is 12.9. The normalized spacial score (nSPS) is 13.2. The summed E-state index contributed by atoms with van der Waals surface area (Å²) in [7, 11) is 0. The van der Waals surface area contributed by atoms with Crippen LogP contribution >= 0.6 is 0 Å². The lowest BCUT2D eigenvalue weighted by molar-refractivity contribution is 0.0983. The third-order valence-electron chi connectivity index (χ3n) is 4.07. The van der Waals surface area contributed by atoms with Crippen molar-refractivity contribution in [2.24, 2.45) is 5.92 Å². The van der Waals surface area contributed by atoms with Gasteiger partial charge in [-0.25, -0.2) is 4.39 Å². The smallest absolute Gasteiger partial charge is 0.258 e. The van der Waals surface area contributed by atoms with E-state index in [1.54, 1.807) is 30.3 Å². The summed E-state index contributed by atoms with van der Waals surface area (Å²) in [6.45, 7) is 0.415. The van der Waals surface area contributed by atoms with E-state index in [0.29, 0.717) is 29.9 Å². The Bertz CT molecular complexity index is 820. The van der Waals surface area contributed by atoms with Crippen LogP contribution in [0.1, 0.15) is 39.1 Å². The van der Waals surface area contributed by atoms with Crippen molar-refractivity contribution >= 4 is 17.9 Å². The number of aldehydes is 1. The first-order valence-corrected chi connectivity index (χ1v) is 7.69. The van der Waals surface area contributed by atoms with E-state index in [0.717, 1.165) is 12.8 Å². The van der Waals surface area contributed by atoms with Gasteiger partial charge in [-0.3, -0.25) is 9.59 Å². The number of carbonyl (C=O) groups is 2. The molecule has 0 atom stereocenters. The Balaban J connectivity index is 1.98. The van der Waals surface area contributed by atoms with E-state index in [2.05, 4.69) is 0 Å². The fourth-order valence-corrected chi connectivity index (χ4v) is 2.53. The van der Waals surface area contributed by atoms with Gasteiger partial charge in [-0.2, -0.15) is 5.26 Å². The Morgan fingerprint density at radius 2 is 1.96 bits per heavy atom. The molecule has 5 heteroatoms. The maximum absolute atomic E-state index is 14.5. The monoisotopic (exact) mass is 322 g/mol. The van der Waals surface area contributed by atoms with Gasteiger partial charge < -0.3 is 4.90 Å². The zero-order valence-electron chi connectivity index (χ0n) is 12.9. The zero-order chi connectivity index (χ0) is 17.1. The van der Waals surface area contributed by atoms with Crippen LogP contribution in [-0.4, -0.2) is 18.7 Å². The minimum absolute atomic E-state index is 0.0686. The predicted octanol–water partition coefficient (Wildman–Crippen LogP) is 3.57. The van der Waals surface area contributed by atoms with Crippen molar-refractivity contribution in [1.29, 1.82) is 5.26 Å². The summed E-state index contributed by atoms with van der Waals surface area (Å²) in [5.41, 5.74) is 0.877. The second-order valence-electron chi connectivity index (χ2n) is 5.85. The van der Waals surface area contributed by atoms with Crippen molar-refractivity contribution < 1.29 is 14.0 Å². The predicted molar refractivity (Wildman–Crippen MR) is 87.3 cm³/mol. The van der Waals surface area contributed by atoms with Gasteiger partial charge >= 0.3 is 0 Å². The highest BCUT2D eigenvalue weighted by molar-refractivity contribution is 6.06. The number of nitriles is 1. The summed E-state index contributed by atoms with van der Waals surface area (Å²) < 4.78 is 14.5. The SMILES string of the molecule is N#Cc1ccc(C(=O)N(CC2CC2)c2cccc(C=O)c2F)cc1. The first kappa shape index (κ1) is 15.9. The molecule has 0 radical (unpaired) electrons. The Morgan fingerprint density at radius 1 is 1.25 bits per heavy atom. The van der Waals surface area contributed by atoms with Crippen LogP contribution < -0.4 is 4.90 Å². The standard InChI is InChI=1S/C19H15FN2O2/c20-18-16(12-23)2-1-3-17(18)22(11-14-4-5-14)19(24)15-8-6-13(10-21)7-9-15/h1-3,6-9,12,14H,4-5,11H2. The maximum atomic E-state index is 14.5. The van der Waals surface area contributed by atoms with Gasteiger partial charge in [0.05, 0.1) is 22.9 Å². The number of rotatable bonds is 5. The lowest BCUT2D eigenvalue weighted by atomic mass is 10.1. The molecular weight excluding hydrogens is 307 g/mol. The van der Waals surface area contributed by atoms with E-state index in [1.165, 1.54) is 17.0 Å². The second-order valence-corrected chi connectivity index (χ2v) is 5.85. The van der Waals surface area contributed by atoms with Gasteiger partial charge in [0.15, 0.2) is 12.1 Å². The molecule has 0 unspecified atom stereocenters. The lowest BCUT2D eigenvalue weighted by Crippen LogP contribution is -2.33. The molecule has 1 fully saturated rings. The van der Waals surface area contributed by atoms with Crippen LogP contribution in [-0.2, 0) is 0 Å². The molecule has 0 bridgehead atoms. The van der Waals surface area contributed by atoms with Gasteiger partial charge in [0, 0.05) is 12.1 Å². The van der Waals surface area contributed by atoms with E-state index in [1.807, 2.05) is 6.07 Å². The van der Waals surface area contributed by atoms with E-state index in [4.69, 9.17) is 5.26 Å². The molecule has 120 valence electrons. The Morgan fingerprint density at radius 3 is 2.54 bits per heavy atom. The minimum atomic E-state index is -0.685. The number of amides is 1. The second kappa shape index (κ2) is 6.63. The molecular formula is C19H15FN2O2. The topological polar surface area (TPSA) is 61.2 Å². The maximum Gasteiger partial charge on any atom is 0.258 e. The van der Waals surface area contributed by atoms with Crippen LogP contribution in [0.5, 0.6) is 0 Å². The largest absolute Gasteiger partial charge is 0.305 e. The number of hydrogen-bond acceptors (Lipinski definition) is 3. The number of anilines is 1. The van der Waals surface area contributed by atoms with Gasteiger partial charge in [0.1, 0.15) is 0 Å². The fourth-order valence-electron chi connectivity index (χ4n) is 2.53. The summed E-state index contributed by atoms with van der Waals surface area (Å²) >= 11 is 0. The first-order chi connectivity index (χ1) is 11.6. The summed E-state index contributed by atoms with van der Waals surface area (Å²) in [6, 6.07) is 12.7. The van der Waals surface area contributed by atoms with Crippen molar-refractivity contribution in [3.63, 3.8) is 0 Å². The molecule has 1 aliphatic carbocycles. The molecule has 0 aromatic heterocycles. The minimum Gasteiger partial charge on any atom is -0.305 e. The first-order valence-electron chi connectivity index (χ1n) is 7.69. The molecule has 0 saturated heterocycles. The van der Waals surface area contributed by atoms with E-state index in [-0.39, 0.29) is 17.2 Å². The lowest BCUT2D eigenvalue weighted by Gasteiger charge is -2.24. The number of hydrogen-bond donors (Lipinski definition) is 0. The van der Waals surface area contributed by atoms with Crippen molar-refractivity contribution in [3.05, 3.63) is 65.0 Å². The Labute approximate surface area is 139 Å². The van der Waals surface area contributed by atoms with Crippen molar-refractivity contribution in [1.82, 2.24) is 0 Å². The van der Waals surface area contributed by atoms with Crippen LogP contribution in [0.4, 0.5) is 10.1 Å². The van der Waals surface area contributed by atoms with E-state index < -0.39 is 5.82 Å². The average Bonchev–Trinajstić information content (AvgIpc) is 3.44. The molecule has 4 nitrogen and oxygen atoms in total. The molecule has 0 aliphatic heterocycles. The molecule has 0 N–H and O–H groups in total. The van der Waals surface area contributed by atoms with Crippen LogP contribution in [0.25, 0.3) is 0 Å². The number of nitrogens with zero attached hydrogens (tertiary/aromatic N) is 2. The molecule has 0 heterocycles. The number of carbonyl (C=O) groups excluding carboxylic acids is 2. The van der Waals surface area contributed by atoms with Crippen LogP contribution in [0.2, 0.25) is 0 Å². The molecule has 1 amide bonds. The number of benzene rings is 2. The highest BCUT2D eigenvalue weighted by Gasteiger charge is 2.30. The number of halogens is 1. The van der Waals surface area contributed by atoms with Gasteiger partial charge in [-0.1, -0.05) is 6.07 Å². The van der Waals surface area contributed by atoms with E-state index >= 15 is 0 Å². The fraction of sp³-hybridized carbons (Fsp3) is 0.211. The van der Waals surface area contributed by atoms with Gasteiger partial charge in [-0.05, 0) is 55.2 Å². The highest BCUT2D eigenvalue weighted by Crippen LogP contribution is 2.33. The quantitative estimate of drug-likeness (QED) is 0.791. The van der Waals surface area contributed by atoms with Crippen molar-refractivity contribution in [3.8, 4) is 6.07 Å². The summed E-state index contributed by atoms with van der Waals surface area (Å²) in [5, 5.41) is 8.85. The molecule has 0 spiro atoms. The van der Waals surface area contributed by atoms with Gasteiger partial charge in [0.2, 0.25) is 0 Å². The molecule has 2 aromatic rings. The van der Waals surface area contributed by atoms with E-state index in [9.17, 15) is 14.0 Å². The molecule has 1 aliphatic rings. The highest BCUT2D eigenvalue weighted by atomic mass is 19.1. The Hall–Kier alpha value is -3.00.